The van der Waals surface area contributed by atoms with Crippen molar-refractivity contribution in [1.29, 1.82) is 0 Å². The SMILES string of the molecule is O=[N+]([O-])c1cc(OC(F)F)cc(C(F)(F)F)c1Cl. The zero-order chi connectivity index (χ0) is 14.1. The summed E-state index contributed by atoms with van der Waals surface area (Å²) in [5.74, 6) is -0.992. The molecule has 1 rings (SSSR count). The van der Waals surface area contributed by atoms with Gasteiger partial charge in [0.1, 0.15) is 10.8 Å². The molecule has 100 valence electrons. The van der Waals surface area contributed by atoms with Crippen LogP contribution < -0.4 is 4.74 Å². The maximum absolute atomic E-state index is 12.5. The molecule has 0 aliphatic rings. The molecule has 1 aromatic rings. The average molecular weight is 292 g/mol. The van der Waals surface area contributed by atoms with Crippen LogP contribution in [-0.4, -0.2) is 11.5 Å². The molecule has 0 saturated carbocycles. The molecule has 0 fully saturated rings. The summed E-state index contributed by atoms with van der Waals surface area (Å²) >= 11 is 5.19. The van der Waals surface area contributed by atoms with E-state index < -0.39 is 39.7 Å². The molecule has 0 aliphatic carbocycles. The molecule has 0 saturated heterocycles. The molecule has 0 N–H and O–H groups in total. The average Bonchev–Trinajstić information content (AvgIpc) is 2.17. The van der Waals surface area contributed by atoms with E-state index in [4.69, 9.17) is 11.6 Å². The maximum atomic E-state index is 12.5. The summed E-state index contributed by atoms with van der Waals surface area (Å²) in [5, 5.41) is 9.26. The van der Waals surface area contributed by atoms with Gasteiger partial charge in [0.05, 0.1) is 16.6 Å². The lowest BCUT2D eigenvalue weighted by atomic mass is 10.2. The molecule has 0 bridgehead atoms. The van der Waals surface area contributed by atoms with Gasteiger partial charge in [-0.1, -0.05) is 11.6 Å². The summed E-state index contributed by atoms with van der Waals surface area (Å²) in [7, 11) is 0. The number of halogens is 6. The van der Waals surface area contributed by atoms with E-state index >= 15 is 0 Å². The number of ether oxygens (including phenoxy) is 1. The molecule has 0 radical (unpaired) electrons. The van der Waals surface area contributed by atoms with Gasteiger partial charge in [0, 0.05) is 0 Å². The number of nitro benzene ring substituents is 1. The second kappa shape index (κ2) is 4.92. The van der Waals surface area contributed by atoms with Crippen LogP contribution >= 0.6 is 11.6 Å². The lowest BCUT2D eigenvalue weighted by Crippen LogP contribution is -2.09. The number of rotatable bonds is 3. The van der Waals surface area contributed by atoms with Gasteiger partial charge >= 0.3 is 12.8 Å². The van der Waals surface area contributed by atoms with E-state index in [9.17, 15) is 32.1 Å². The molecule has 0 aromatic heterocycles. The summed E-state index contributed by atoms with van der Waals surface area (Å²) in [5.41, 5.74) is -2.78. The minimum atomic E-state index is -5.02. The van der Waals surface area contributed by atoms with Gasteiger partial charge in [0.25, 0.3) is 5.69 Å². The van der Waals surface area contributed by atoms with Gasteiger partial charge in [-0.25, -0.2) is 0 Å². The fourth-order valence-corrected chi connectivity index (χ4v) is 1.38. The van der Waals surface area contributed by atoms with E-state index in [0.717, 1.165) is 0 Å². The summed E-state index contributed by atoms with van der Waals surface area (Å²) in [6.45, 7) is -3.41. The second-order valence-corrected chi connectivity index (χ2v) is 3.32. The lowest BCUT2D eigenvalue weighted by molar-refractivity contribution is -0.385. The predicted octanol–water partition coefficient (Wildman–Crippen LogP) is 3.87. The van der Waals surface area contributed by atoms with Crippen LogP contribution in [0.25, 0.3) is 0 Å². The first-order chi connectivity index (χ1) is 8.12. The van der Waals surface area contributed by atoms with Gasteiger partial charge in [0.2, 0.25) is 0 Å². The highest BCUT2D eigenvalue weighted by atomic mass is 35.5. The fraction of sp³-hybridized carbons (Fsp3) is 0.250. The quantitative estimate of drug-likeness (QED) is 0.482. The van der Waals surface area contributed by atoms with Crippen LogP contribution in [0, 0.1) is 10.1 Å². The van der Waals surface area contributed by atoms with Crippen molar-refractivity contribution in [3.63, 3.8) is 0 Å². The Bertz CT molecular complexity index is 477. The summed E-state index contributed by atoms with van der Waals surface area (Å²) in [6, 6.07) is 0.561. The third-order valence-corrected chi connectivity index (χ3v) is 2.15. The van der Waals surface area contributed by atoms with Crippen molar-refractivity contribution in [2.24, 2.45) is 0 Å². The van der Waals surface area contributed by atoms with E-state index in [-0.39, 0.29) is 6.07 Å². The van der Waals surface area contributed by atoms with Crippen molar-refractivity contribution >= 4 is 17.3 Å². The first-order valence-electron chi connectivity index (χ1n) is 4.13. The Morgan fingerprint density at radius 3 is 2.28 bits per heavy atom. The predicted molar refractivity (Wildman–Crippen MR) is 49.7 cm³/mol. The highest BCUT2D eigenvalue weighted by Gasteiger charge is 2.37. The molecule has 0 unspecified atom stereocenters. The van der Waals surface area contributed by atoms with Crippen molar-refractivity contribution in [1.82, 2.24) is 0 Å². The van der Waals surface area contributed by atoms with Gasteiger partial charge < -0.3 is 4.74 Å². The number of benzene rings is 1. The minimum absolute atomic E-state index is 0.168. The molecule has 0 heterocycles. The summed E-state index contributed by atoms with van der Waals surface area (Å²) < 4.78 is 64.8. The lowest BCUT2D eigenvalue weighted by Gasteiger charge is -2.11. The van der Waals surface area contributed by atoms with Crippen LogP contribution in [0.1, 0.15) is 5.56 Å². The molecule has 1 aromatic carbocycles. The van der Waals surface area contributed by atoms with E-state index in [0.29, 0.717) is 6.07 Å². The molecule has 0 atom stereocenters. The topological polar surface area (TPSA) is 52.4 Å². The highest BCUT2D eigenvalue weighted by molar-refractivity contribution is 6.33. The van der Waals surface area contributed by atoms with Gasteiger partial charge in [-0.15, -0.1) is 0 Å². The van der Waals surface area contributed by atoms with Gasteiger partial charge in [-0.3, -0.25) is 10.1 Å². The van der Waals surface area contributed by atoms with Crippen LogP contribution in [0.5, 0.6) is 5.75 Å². The maximum Gasteiger partial charge on any atom is 0.418 e. The minimum Gasteiger partial charge on any atom is -0.435 e. The van der Waals surface area contributed by atoms with Gasteiger partial charge in [-0.2, -0.15) is 22.0 Å². The van der Waals surface area contributed by atoms with Crippen molar-refractivity contribution in [3.05, 3.63) is 32.8 Å². The number of hydrogen-bond acceptors (Lipinski definition) is 3. The normalized spacial score (nSPS) is 11.7. The Morgan fingerprint density at radius 2 is 1.89 bits per heavy atom. The van der Waals surface area contributed by atoms with Crippen molar-refractivity contribution in [2.75, 3.05) is 0 Å². The second-order valence-electron chi connectivity index (χ2n) is 2.94. The van der Waals surface area contributed by atoms with Crippen molar-refractivity contribution in [3.8, 4) is 5.75 Å². The van der Waals surface area contributed by atoms with Crippen molar-refractivity contribution in [2.45, 2.75) is 12.8 Å². The van der Waals surface area contributed by atoms with Crippen LogP contribution in [0.3, 0.4) is 0 Å². The standard InChI is InChI=1S/C8H3ClF5NO3/c9-6-4(8(12,13)14)1-3(18-7(10)11)2-5(6)15(16)17/h1-2,7H. The summed E-state index contributed by atoms with van der Waals surface area (Å²) in [4.78, 5) is 9.22. The molecule has 0 aliphatic heterocycles. The fourth-order valence-electron chi connectivity index (χ4n) is 1.09. The third-order valence-electron chi connectivity index (χ3n) is 1.75. The monoisotopic (exact) mass is 291 g/mol. The van der Waals surface area contributed by atoms with Crippen LogP contribution in [0.15, 0.2) is 12.1 Å². The number of alkyl halides is 5. The Morgan fingerprint density at radius 1 is 1.33 bits per heavy atom. The Hall–Kier alpha value is -1.64. The Labute approximate surface area is 101 Å². The van der Waals surface area contributed by atoms with Gasteiger partial charge in [0.15, 0.2) is 0 Å². The molecular formula is C8H3ClF5NO3. The third kappa shape index (κ3) is 3.19. The van der Waals surface area contributed by atoms with Crippen molar-refractivity contribution < 1.29 is 31.6 Å². The van der Waals surface area contributed by atoms with Crippen LogP contribution in [0.2, 0.25) is 5.02 Å². The largest absolute Gasteiger partial charge is 0.435 e. The zero-order valence-corrected chi connectivity index (χ0v) is 8.93. The molecule has 0 amide bonds. The number of nitro groups is 1. The molecule has 4 nitrogen and oxygen atoms in total. The van der Waals surface area contributed by atoms with E-state index in [2.05, 4.69) is 4.74 Å². The van der Waals surface area contributed by atoms with Crippen LogP contribution in [0.4, 0.5) is 27.6 Å². The first-order valence-corrected chi connectivity index (χ1v) is 4.50. The van der Waals surface area contributed by atoms with Crippen LogP contribution in [-0.2, 0) is 6.18 Å². The molecular weight excluding hydrogens is 289 g/mol. The molecule has 18 heavy (non-hydrogen) atoms. The Balaban J connectivity index is 3.42. The smallest absolute Gasteiger partial charge is 0.418 e. The molecule has 10 heteroatoms. The van der Waals surface area contributed by atoms with E-state index in [1.54, 1.807) is 0 Å². The number of hydrogen-bond donors (Lipinski definition) is 0. The zero-order valence-electron chi connectivity index (χ0n) is 8.17. The number of nitrogens with zero attached hydrogens (tertiary/aromatic N) is 1. The first kappa shape index (κ1) is 14.4. The molecule has 0 spiro atoms. The van der Waals surface area contributed by atoms with E-state index in [1.165, 1.54) is 0 Å². The Kier molecular flexibility index (Phi) is 3.95. The summed E-state index contributed by atoms with van der Waals surface area (Å²) in [6.07, 6.45) is -5.02. The highest BCUT2D eigenvalue weighted by Crippen LogP contribution is 2.42. The van der Waals surface area contributed by atoms with E-state index in [1.807, 2.05) is 0 Å². The van der Waals surface area contributed by atoms with Gasteiger partial charge in [-0.05, 0) is 6.07 Å².